The van der Waals surface area contributed by atoms with E-state index in [0.717, 1.165) is 6.42 Å². The first-order valence-electron chi connectivity index (χ1n) is 3.98. The standard InChI is InChI=1S/C9H12F2/c1-8-4-2-3-6-9(10,11)7-5-8/h8H,2,4-5,7H2,1H3. The molecule has 62 valence electrons. The van der Waals surface area contributed by atoms with Gasteiger partial charge in [0.1, 0.15) is 0 Å². The fourth-order valence-corrected chi connectivity index (χ4v) is 1.14. The highest BCUT2D eigenvalue weighted by molar-refractivity contribution is 5.10. The third kappa shape index (κ3) is 2.88. The molecule has 0 aromatic rings. The van der Waals surface area contributed by atoms with Gasteiger partial charge in [-0.3, -0.25) is 0 Å². The number of alkyl halides is 2. The zero-order valence-corrected chi connectivity index (χ0v) is 6.66. The Morgan fingerprint density at radius 2 is 2.09 bits per heavy atom. The molecule has 0 fully saturated rings. The van der Waals surface area contributed by atoms with Crippen LogP contribution in [0, 0.1) is 17.8 Å². The summed E-state index contributed by atoms with van der Waals surface area (Å²) in [6.45, 7) is 2.00. The van der Waals surface area contributed by atoms with E-state index >= 15 is 0 Å². The van der Waals surface area contributed by atoms with Crippen molar-refractivity contribution < 1.29 is 8.78 Å². The van der Waals surface area contributed by atoms with Crippen molar-refractivity contribution in [3.8, 4) is 11.8 Å². The van der Waals surface area contributed by atoms with Crippen LogP contribution >= 0.6 is 0 Å². The van der Waals surface area contributed by atoms with Gasteiger partial charge in [-0.2, -0.15) is 8.78 Å². The van der Waals surface area contributed by atoms with E-state index < -0.39 is 5.92 Å². The predicted molar refractivity (Wildman–Crippen MR) is 40.4 cm³/mol. The second kappa shape index (κ2) is 3.21. The second-order valence-electron chi connectivity index (χ2n) is 3.19. The average molecular weight is 158 g/mol. The molecule has 0 aromatic carbocycles. The van der Waals surface area contributed by atoms with Crippen molar-refractivity contribution in [3.05, 3.63) is 0 Å². The van der Waals surface area contributed by atoms with Gasteiger partial charge in [0.05, 0.1) is 0 Å². The summed E-state index contributed by atoms with van der Waals surface area (Å²) in [5.41, 5.74) is 0. The topological polar surface area (TPSA) is 0 Å². The Morgan fingerprint density at radius 1 is 1.36 bits per heavy atom. The first-order chi connectivity index (χ1) is 5.10. The van der Waals surface area contributed by atoms with E-state index in [2.05, 4.69) is 5.92 Å². The van der Waals surface area contributed by atoms with Gasteiger partial charge in [-0.15, -0.1) is 0 Å². The molecule has 0 aliphatic heterocycles. The lowest BCUT2D eigenvalue weighted by molar-refractivity contribution is 0.0484. The molecule has 0 radical (unpaired) electrons. The molecule has 11 heavy (non-hydrogen) atoms. The molecule has 0 saturated carbocycles. The van der Waals surface area contributed by atoms with Gasteiger partial charge in [0.2, 0.25) is 0 Å². The summed E-state index contributed by atoms with van der Waals surface area (Å²) in [5, 5.41) is 0. The first kappa shape index (κ1) is 8.52. The van der Waals surface area contributed by atoms with Gasteiger partial charge in [-0.05, 0) is 24.7 Å². The van der Waals surface area contributed by atoms with E-state index in [1.165, 1.54) is 0 Å². The minimum Gasteiger partial charge on any atom is -0.192 e. The number of halogens is 2. The molecule has 1 rings (SSSR count). The van der Waals surface area contributed by atoms with Crippen molar-refractivity contribution in [1.82, 2.24) is 0 Å². The molecular formula is C9H12F2. The zero-order valence-electron chi connectivity index (χ0n) is 6.66. The highest BCUT2D eigenvalue weighted by atomic mass is 19.3. The largest absolute Gasteiger partial charge is 0.308 e. The number of hydrogen-bond acceptors (Lipinski definition) is 0. The molecule has 0 heterocycles. The zero-order chi connectivity index (χ0) is 8.32. The van der Waals surface area contributed by atoms with E-state index in [9.17, 15) is 8.78 Å². The molecule has 1 atom stereocenters. The van der Waals surface area contributed by atoms with Crippen molar-refractivity contribution in [2.75, 3.05) is 0 Å². The smallest absolute Gasteiger partial charge is 0.192 e. The molecule has 0 bridgehead atoms. The monoisotopic (exact) mass is 158 g/mol. The van der Waals surface area contributed by atoms with Crippen LogP contribution < -0.4 is 0 Å². The quantitative estimate of drug-likeness (QED) is 0.475. The lowest BCUT2D eigenvalue weighted by Crippen LogP contribution is -2.15. The molecule has 0 nitrogen and oxygen atoms in total. The Morgan fingerprint density at radius 3 is 2.82 bits per heavy atom. The van der Waals surface area contributed by atoms with E-state index in [1.807, 2.05) is 12.8 Å². The SMILES string of the molecule is CC1CCC#CC(F)(F)CC1. The summed E-state index contributed by atoms with van der Waals surface area (Å²) in [6, 6.07) is 0. The summed E-state index contributed by atoms with van der Waals surface area (Å²) in [4.78, 5) is 0. The molecule has 0 saturated heterocycles. The van der Waals surface area contributed by atoms with Crippen molar-refractivity contribution in [3.63, 3.8) is 0 Å². The fourth-order valence-electron chi connectivity index (χ4n) is 1.14. The summed E-state index contributed by atoms with van der Waals surface area (Å²) >= 11 is 0. The second-order valence-corrected chi connectivity index (χ2v) is 3.19. The molecule has 0 aromatic heterocycles. The van der Waals surface area contributed by atoms with Gasteiger partial charge in [-0.25, -0.2) is 0 Å². The Labute approximate surface area is 66.0 Å². The molecule has 0 N–H and O–H groups in total. The minimum atomic E-state index is -2.73. The van der Waals surface area contributed by atoms with E-state index in [-0.39, 0.29) is 6.42 Å². The Hall–Kier alpha value is -0.580. The Bertz CT molecular complexity index is 185. The van der Waals surface area contributed by atoms with Gasteiger partial charge in [-0.1, -0.05) is 12.8 Å². The average Bonchev–Trinajstić information content (AvgIpc) is 1.92. The van der Waals surface area contributed by atoms with Crippen LogP contribution in [0.4, 0.5) is 8.78 Å². The number of rotatable bonds is 0. The van der Waals surface area contributed by atoms with Crippen LogP contribution in [0.2, 0.25) is 0 Å². The van der Waals surface area contributed by atoms with Gasteiger partial charge < -0.3 is 0 Å². The maximum absolute atomic E-state index is 12.6. The van der Waals surface area contributed by atoms with Gasteiger partial charge in [0, 0.05) is 12.8 Å². The van der Waals surface area contributed by atoms with Crippen LogP contribution in [-0.2, 0) is 0 Å². The number of hydrogen-bond donors (Lipinski definition) is 0. The normalized spacial score (nSPS) is 29.5. The van der Waals surface area contributed by atoms with Crippen molar-refractivity contribution in [1.29, 1.82) is 0 Å². The van der Waals surface area contributed by atoms with Crippen LogP contribution in [-0.4, -0.2) is 5.92 Å². The minimum absolute atomic E-state index is 0.0683. The summed E-state index contributed by atoms with van der Waals surface area (Å²) < 4.78 is 25.3. The van der Waals surface area contributed by atoms with Crippen LogP contribution in [0.1, 0.15) is 32.6 Å². The predicted octanol–water partition coefficient (Wildman–Crippen LogP) is 2.84. The molecule has 0 amide bonds. The molecule has 1 aliphatic rings. The maximum atomic E-state index is 12.6. The van der Waals surface area contributed by atoms with Crippen LogP contribution in [0.25, 0.3) is 0 Å². The van der Waals surface area contributed by atoms with Gasteiger partial charge in [0.25, 0.3) is 0 Å². The molecule has 2 heteroatoms. The van der Waals surface area contributed by atoms with E-state index in [4.69, 9.17) is 0 Å². The third-order valence-corrected chi connectivity index (χ3v) is 1.98. The van der Waals surface area contributed by atoms with Crippen molar-refractivity contribution in [2.45, 2.75) is 38.5 Å². The van der Waals surface area contributed by atoms with Crippen molar-refractivity contribution >= 4 is 0 Å². The highest BCUT2D eigenvalue weighted by Gasteiger charge is 2.26. The summed E-state index contributed by atoms with van der Waals surface area (Å²) in [7, 11) is 0. The van der Waals surface area contributed by atoms with Crippen molar-refractivity contribution in [2.24, 2.45) is 5.92 Å². The molecule has 1 unspecified atom stereocenters. The Balaban J connectivity index is 2.59. The fraction of sp³-hybridized carbons (Fsp3) is 0.778. The highest BCUT2D eigenvalue weighted by Crippen LogP contribution is 2.25. The summed E-state index contributed by atoms with van der Waals surface area (Å²) in [6.07, 6.45) is 2.11. The Kier molecular flexibility index (Phi) is 2.49. The van der Waals surface area contributed by atoms with Gasteiger partial charge in [0.15, 0.2) is 0 Å². The third-order valence-electron chi connectivity index (χ3n) is 1.98. The van der Waals surface area contributed by atoms with E-state index in [1.54, 1.807) is 0 Å². The van der Waals surface area contributed by atoms with Crippen LogP contribution in [0.15, 0.2) is 0 Å². The van der Waals surface area contributed by atoms with Crippen LogP contribution in [0.3, 0.4) is 0 Å². The molecule has 1 aliphatic carbocycles. The molecule has 0 spiro atoms. The molecular weight excluding hydrogens is 146 g/mol. The lowest BCUT2D eigenvalue weighted by Gasteiger charge is -2.15. The summed E-state index contributed by atoms with van der Waals surface area (Å²) in [5.74, 6) is 2.18. The maximum Gasteiger partial charge on any atom is 0.308 e. The lowest BCUT2D eigenvalue weighted by atomic mass is 9.96. The van der Waals surface area contributed by atoms with Gasteiger partial charge >= 0.3 is 5.92 Å². The first-order valence-corrected chi connectivity index (χ1v) is 3.98. The van der Waals surface area contributed by atoms with E-state index in [0.29, 0.717) is 18.8 Å². The van der Waals surface area contributed by atoms with Crippen LogP contribution in [0.5, 0.6) is 0 Å².